The van der Waals surface area contributed by atoms with E-state index in [0.29, 0.717) is 23.9 Å². The van der Waals surface area contributed by atoms with Gasteiger partial charge in [0.15, 0.2) is 0 Å². The van der Waals surface area contributed by atoms with Crippen LogP contribution in [0.15, 0.2) is 6.33 Å². The largest absolute Gasteiger partial charge is 0.330 e. The molecule has 0 aromatic carbocycles. The Balaban J connectivity index is 0.00000196. The lowest BCUT2D eigenvalue weighted by Gasteiger charge is -2.18. The highest BCUT2D eigenvalue weighted by Gasteiger charge is 2.15. The Morgan fingerprint density at radius 1 is 1.53 bits per heavy atom. The summed E-state index contributed by atoms with van der Waals surface area (Å²) in [6.07, 6.45) is 1.46. The van der Waals surface area contributed by atoms with Crippen molar-refractivity contribution in [3.8, 4) is 0 Å². The standard InChI is InChI=1S/C9H14ClN3O.ClH/c1-4-12(5-2)9(14)13-6-11-7(3)8(13)10;/h6H,4-5H2,1-3H3;1H. The van der Waals surface area contributed by atoms with Crippen LogP contribution in [-0.2, 0) is 0 Å². The summed E-state index contributed by atoms with van der Waals surface area (Å²) in [6, 6.07) is -0.124. The van der Waals surface area contributed by atoms with Crippen molar-refractivity contribution in [1.29, 1.82) is 0 Å². The highest BCUT2D eigenvalue weighted by Crippen LogP contribution is 2.14. The molecule has 86 valence electrons. The molecule has 0 fully saturated rings. The number of rotatable bonds is 2. The third-order valence-electron chi connectivity index (χ3n) is 2.12. The van der Waals surface area contributed by atoms with E-state index in [-0.39, 0.29) is 18.4 Å². The normalized spacial score (nSPS) is 9.60. The number of hydrogen-bond donors (Lipinski definition) is 0. The maximum atomic E-state index is 11.8. The number of carbonyl (C=O) groups is 1. The topological polar surface area (TPSA) is 38.1 Å². The molecule has 1 aromatic rings. The minimum Gasteiger partial charge on any atom is -0.325 e. The van der Waals surface area contributed by atoms with Gasteiger partial charge in [-0.3, -0.25) is 0 Å². The number of amides is 1. The molecular formula is C9H15Cl2N3O. The van der Waals surface area contributed by atoms with Crippen LogP contribution in [0.25, 0.3) is 0 Å². The van der Waals surface area contributed by atoms with Crippen molar-refractivity contribution in [2.45, 2.75) is 20.8 Å². The van der Waals surface area contributed by atoms with Gasteiger partial charge in [0, 0.05) is 13.1 Å². The molecule has 0 N–H and O–H groups in total. The molecule has 0 spiro atoms. The molecule has 1 aromatic heterocycles. The Morgan fingerprint density at radius 2 is 2.07 bits per heavy atom. The molecular weight excluding hydrogens is 237 g/mol. The van der Waals surface area contributed by atoms with Gasteiger partial charge in [0.2, 0.25) is 0 Å². The van der Waals surface area contributed by atoms with Gasteiger partial charge < -0.3 is 4.90 Å². The van der Waals surface area contributed by atoms with E-state index < -0.39 is 0 Å². The quantitative estimate of drug-likeness (QED) is 0.811. The van der Waals surface area contributed by atoms with E-state index >= 15 is 0 Å². The molecule has 4 nitrogen and oxygen atoms in total. The maximum Gasteiger partial charge on any atom is 0.330 e. The molecule has 0 saturated heterocycles. The molecule has 1 heterocycles. The third-order valence-corrected chi connectivity index (χ3v) is 2.57. The van der Waals surface area contributed by atoms with E-state index in [2.05, 4.69) is 4.98 Å². The van der Waals surface area contributed by atoms with Gasteiger partial charge in [-0.2, -0.15) is 0 Å². The summed E-state index contributed by atoms with van der Waals surface area (Å²) in [5, 5.41) is 0.391. The fourth-order valence-electron chi connectivity index (χ4n) is 1.20. The lowest BCUT2D eigenvalue weighted by atomic mass is 10.5. The van der Waals surface area contributed by atoms with E-state index in [1.807, 2.05) is 13.8 Å². The van der Waals surface area contributed by atoms with Gasteiger partial charge >= 0.3 is 6.03 Å². The van der Waals surface area contributed by atoms with E-state index in [1.165, 1.54) is 10.9 Å². The number of halogens is 2. The first-order chi connectivity index (χ1) is 6.61. The van der Waals surface area contributed by atoms with Crippen LogP contribution < -0.4 is 0 Å². The lowest BCUT2D eigenvalue weighted by Crippen LogP contribution is -2.34. The predicted octanol–water partition coefficient (Wildman–Crippen LogP) is 2.58. The zero-order chi connectivity index (χ0) is 10.7. The molecule has 0 bridgehead atoms. The fraction of sp³-hybridized carbons (Fsp3) is 0.556. The summed E-state index contributed by atoms with van der Waals surface area (Å²) in [6.45, 7) is 6.97. The zero-order valence-corrected chi connectivity index (χ0v) is 10.6. The van der Waals surface area contributed by atoms with Gasteiger partial charge in [0.05, 0.1) is 5.69 Å². The maximum absolute atomic E-state index is 11.8. The van der Waals surface area contributed by atoms with Crippen LogP contribution in [0.2, 0.25) is 5.15 Å². The van der Waals surface area contributed by atoms with Crippen LogP contribution in [0, 0.1) is 6.92 Å². The predicted molar refractivity (Wildman–Crippen MR) is 62.9 cm³/mol. The monoisotopic (exact) mass is 251 g/mol. The van der Waals surface area contributed by atoms with Crippen molar-refractivity contribution in [1.82, 2.24) is 14.5 Å². The van der Waals surface area contributed by atoms with Gasteiger partial charge in [0.1, 0.15) is 11.5 Å². The van der Waals surface area contributed by atoms with Crippen molar-refractivity contribution >= 4 is 30.0 Å². The smallest absolute Gasteiger partial charge is 0.325 e. The number of carbonyl (C=O) groups excluding carboxylic acids is 1. The minimum atomic E-state index is -0.124. The Labute approximate surface area is 101 Å². The summed E-state index contributed by atoms with van der Waals surface area (Å²) < 4.78 is 1.36. The van der Waals surface area contributed by atoms with Crippen LogP contribution in [-0.4, -0.2) is 33.6 Å². The van der Waals surface area contributed by atoms with Gasteiger partial charge in [0.25, 0.3) is 0 Å². The van der Waals surface area contributed by atoms with Gasteiger partial charge in [-0.15, -0.1) is 12.4 Å². The molecule has 0 aliphatic heterocycles. The molecule has 15 heavy (non-hydrogen) atoms. The second kappa shape index (κ2) is 5.98. The highest BCUT2D eigenvalue weighted by molar-refractivity contribution is 6.31. The second-order valence-corrected chi connectivity index (χ2v) is 3.30. The van der Waals surface area contributed by atoms with Crippen molar-refractivity contribution in [3.63, 3.8) is 0 Å². The zero-order valence-electron chi connectivity index (χ0n) is 9.03. The molecule has 6 heteroatoms. The Bertz CT molecular complexity index is 334. The number of aryl methyl sites for hydroxylation is 1. The van der Waals surface area contributed by atoms with E-state index in [4.69, 9.17) is 11.6 Å². The summed E-state index contributed by atoms with van der Waals surface area (Å²) in [5.74, 6) is 0. The van der Waals surface area contributed by atoms with Crippen molar-refractivity contribution in [3.05, 3.63) is 17.2 Å². The number of nitrogens with zero attached hydrogens (tertiary/aromatic N) is 3. The second-order valence-electron chi connectivity index (χ2n) is 2.95. The third kappa shape index (κ3) is 2.86. The molecule has 0 atom stereocenters. The Hall–Kier alpha value is -0.740. The van der Waals surface area contributed by atoms with E-state index in [1.54, 1.807) is 11.8 Å². The first kappa shape index (κ1) is 14.3. The average Bonchev–Trinajstić information content (AvgIpc) is 2.49. The van der Waals surface area contributed by atoms with Crippen molar-refractivity contribution in [2.75, 3.05) is 13.1 Å². The van der Waals surface area contributed by atoms with Crippen LogP contribution in [0.1, 0.15) is 19.5 Å². The van der Waals surface area contributed by atoms with Gasteiger partial charge in [-0.1, -0.05) is 11.6 Å². The Morgan fingerprint density at radius 3 is 2.40 bits per heavy atom. The number of imidazole rings is 1. The molecule has 1 amide bonds. The molecule has 0 aliphatic carbocycles. The summed E-state index contributed by atoms with van der Waals surface area (Å²) in [4.78, 5) is 17.5. The van der Waals surface area contributed by atoms with Crippen molar-refractivity contribution < 1.29 is 4.79 Å². The van der Waals surface area contributed by atoms with Crippen LogP contribution in [0.4, 0.5) is 4.79 Å². The van der Waals surface area contributed by atoms with Crippen molar-refractivity contribution in [2.24, 2.45) is 0 Å². The molecule has 0 radical (unpaired) electrons. The number of hydrogen-bond acceptors (Lipinski definition) is 2. The van der Waals surface area contributed by atoms with Gasteiger partial charge in [-0.05, 0) is 20.8 Å². The van der Waals surface area contributed by atoms with E-state index in [0.717, 1.165) is 0 Å². The van der Waals surface area contributed by atoms with Crippen LogP contribution in [0.3, 0.4) is 0 Å². The van der Waals surface area contributed by atoms with Gasteiger partial charge in [-0.25, -0.2) is 14.3 Å². The van der Waals surface area contributed by atoms with Crippen LogP contribution >= 0.6 is 24.0 Å². The molecule has 0 aliphatic rings. The molecule has 0 unspecified atom stereocenters. The summed E-state index contributed by atoms with van der Waals surface area (Å²) >= 11 is 5.91. The first-order valence-electron chi connectivity index (χ1n) is 4.60. The first-order valence-corrected chi connectivity index (χ1v) is 4.98. The fourth-order valence-corrected chi connectivity index (χ4v) is 1.37. The summed E-state index contributed by atoms with van der Waals surface area (Å²) in [7, 11) is 0. The van der Waals surface area contributed by atoms with Crippen LogP contribution in [0.5, 0.6) is 0 Å². The number of aromatic nitrogens is 2. The SMILES string of the molecule is CCN(CC)C(=O)n1cnc(C)c1Cl.Cl. The highest BCUT2D eigenvalue weighted by atomic mass is 35.5. The Kier molecular flexibility index (Phi) is 5.68. The molecule has 0 saturated carbocycles. The lowest BCUT2D eigenvalue weighted by molar-refractivity contribution is 0.205. The summed E-state index contributed by atoms with van der Waals surface area (Å²) in [5.41, 5.74) is 0.673. The van der Waals surface area contributed by atoms with E-state index in [9.17, 15) is 4.79 Å². The average molecular weight is 252 g/mol. The minimum absolute atomic E-state index is 0. The molecule has 1 rings (SSSR count).